The van der Waals surface area contributed by atoms with Crippen molar-refractivity contribution in [2.24, 2.45) is 0 Å². The molecule has 94 valence electrons. The molecule has 1 heterocycles. The molecule has 0 saturated carbocycles. The molecule has 0 aromatic carbocycles. The number of carbonyl (C=O) groups is 2. The van der Waals surface area contributed by atoms with Gasteiger partial charge in [0.05, 0.1) is 5.56 Å². The van der Waals surface area contributed by atoms with Crippen molar-refractivity contribution in [2.75, 3.05) is 7.05 Å². The number of carboxylic acids is 1. The molecule has 1 N–H and O–H groups in total. The second kappa shape index (κ2) is 4.61. The maximum absolute atomic E-state index is 12.1. The van der Waals surface area contributed by atoms with Crippen LogP contribution in [-0.4, -0.2) is 35.0 Å². The second-order valence-corrected chi connectivity index (χ2v) is 4.14. The smallest absolute Gasteiger partial charge is 0.326 e. The summed E-state index contributed by atoms with van der Waals surface area (Å²) in [5.74, 6) is -0.153. The number of aryl methyl sites for hydroxylation is 2. The summed E-state index contributed by atoms with van der Waals surface area (Å²) in [6.07, 6.45) is 0. The van der Waals surface area contributed by atoms with Crippen molar-refractivity contribution in [1.29, 1.82) is 0 Å². The van der Waals surface area contributed by atoms with Crippen LogP contribution in [0.5, 0.6) is 0 Å². The Hall–Kier alpha value is -1.78. The van der Waals surface area contributed by atoms with E-state index in [1.54, 1.807) is 20.8 Å². The van der Waals surface area contributed by atoms with Crippen LogP contribution < -0.4 is 0 Å². The first-order chi connectivity index (χ1) is 7.77. The highest BCUT2D eigenvalue weighted by Gasteiger charge is 2.27. The average molecular weight is 239 g/mol. The van der Waals surface area contributed by atoms with Gasteiger partial charge in [-0.3, -0.25) is 4.79 Å². The van der Waals surface area contributed by atoms with Gasteiger partial charge < -0.3 is 14.4 Å². The van der Waals surface area contributed by atoms with Crippen LogP contribution in [-0.2, 0) is 4.79 Å². The monoisotopic (exact) mass is 239 g/mol. The van der Waals surface area contributed by atoms with E-state index in [0.717, 1.165) is 5.56 Å². The van der Waals surface area contributed by atoms with Crippen molar-refractivity contribution < 1.29 is 19.1 Å². The summed E-state index contributed by atoms with van der Waals surface area (Å²) in [5, 5.41) is 8.87. The predicted octanol–water partition coefficient (Wildman–Crippen LogP) is 1.75. The zero-order chi connectivity index (χ0) is 13.3. The number of amides is 1. The number of nitrogens with zero attached hydrogens (tertiary/aromatic N) is 1. The topological polar surface area (TPSA) is 70.8 Å². The normalized spacial score (nSPS) is 12.3. The number of carboxylic acid groups (broad SMARTS) is 1. The highest BCUT2D eigenvalue weighted by atomic mass is 16.4. The number of hydrogen-bond donors (Lipinski definition) is 1. The number of aliphatic carboxylic acids is 1. The summed E-state index contributed by atoms with van der Waals surface area (Å²) < 4.78 is 5.36. The van der Waals surface area contributed by atoms with E-state index in [9.17, 15) is 9.59 Å². The quantitative estimate of drug-likeness (QED) is 0.872. The maximum Gasteiger partial charge on any atom is 0.326 e. The van der Waals surface area contributed by atoms with E-state index in [1.165, 1.54) is 18.9 Å². The van der Waals surface area contributed by atoms with Crippen LogP contribution in [0.15, 0.2) is 4.42 Å². The van der Waals surface area contributed by atoms with Crippen molar-refractivity contribution in [3.63, 3.8) is 0 Å². The fourth-order valence-corrected chi connectivity index (χ4v) is 1.63. The first-order valence-electron chi connectivity index (χ1n) is 5.34. The Kier molecular flexibility index (Phi) is 3.60. The molecule has 0 saturated heterocycles. The molecule has 1 atom stereocenters. The Morgan fingerprint density at radius 3 is 2.12 bits per heavy atom. The third kappa shape index (κ3) is 2.33. The van der Waals surface area contributed by atoms with Crippen LogP contribution in [0.3, 0.4) is 0 Å². The molecule has 0 fully saturated rings. The van der Waals surface area contributed by atoms with Gasteiger partial charge in [-0.1, -0.05) is 0 Å². The summed E-state index contributed by atoms with van der Waals surface area (Å²) in [5.41, 5.74) is 1.22. The van der Waals surface area contributed by atoms with Crippen LogP contribution in [0.4, 0.5) is 0 Å². The third-order valence-corrected chi connectivity index (χ3v) is 3.03. The molecule has 5 heteroatoms. The highest BCUT2D eigenvalue weighted by Crippen LogP contribution is 2.22. The van der Waals surface area contributed by atoms with Crippen LogP contribution >= 0.6 is 0 Å². The van der Waals surface area contributed by atoms with E-state index in [-0.39, 0.29) is 5.91 Å². The van der Waals surface area contributed by atoms with E-state index in [1.807, 2.05) is 0 Å². The molecular weight excluding hydrogens is 222 g/mol. The predicted molar refractivity (Wildman–Crippen MR) is 62.1 cm³/mol. The SMILES string of the molecule is Cc1oc(C)c(C(=O)N(C)C(C)C(=O)O)c1C. The summed E-state index contributed by atoms with van der Waals surface area (Å²) in [7, 11) is 1.47. The van der Waals surface area contributed by atoms with E-state index in [0.29, 0.717) is 17.1 Å². The minimum atomic E-state index is -1.03. The molecule has 5 nitrogen and oxygen atoms in total. The zero-order valence-electron chi connectivity index (χ0n) is 10.7. The van der Waals surface area contributed by atoms with Crippen LogP contribution in [0.25, 0.3) is 0 Å². The van der Waals surface area contributed by atoms with Gasteiger partial charge in [0.2, 0.25) is 0 Å². The molecule has 0 bridgehead atoms. The molecule has 1 unspecified atom stereocenters. The molecule has 0 aliphatic carbocycles. The van der Waals surface area contributed by atoms with Gasteiger partial charge in [-0.2, -0.15) is 0 Å². The molecular formula is C12H17NO4. The summed E-state index contributed by atoms with van der Waals surface area (Å²) in [6, 6.07) is -0.864. The molecule has 1 aromatic rings. The standard InChI is InChI=1S/C12H17NO4/c1-6-8(3)17-9(4)10(6)11(14)13(5)7(2)12(15)16/h7H,1-5H3,(H,15,16). The summed E-state index contributed by atoms with van der Waals surface area (Å²) >= 11 is 0. The first kappa shape index (κ1) is 13.3. The van der Waals surface area contributed by atoms with Crippen molar-refractivity contribution in [3.05, 3.63) is 22.6 Å². The minimum Gasteiger partial charge on any atom is -0.480 e. The van der Waals surface area contributed by atoms with Gasteiger partial charge in [0.25, 0.3) is 5.91 Å². The Morgan fingerprint density at radius 1 is 1.24 bits per heavy atom. The van der Waals surface area contributed by atoms with Crippen LogP contribution in [0.1, 0.15) is 34.4 Å². The Morgan fingerprint density at radius 2 is 1.76 bits per heavy atom. The van der Waals surface area contributed by atoms with Crippen molar-refractivity contribution >= 4 is 11.9 Å². The molecule has 1 rings (SSSR count). The van der Waals surface area contributed by atoms with Crippen molar-refractivity contribution in [3.8, 4) is 0 Å². The summed E-state index contributed by atoms with van der Waals surface area (Å²) in [4.78, 5) is 24.2. The van der Waals surface area contributed by atoms with Gasteiger partial charge >= 0.3 is 5.97 Å². The molecule has 0 spiro atoms. The van der Waals surface area contributed by atoms with Crippen LogP contribution in [0, 0.1) is 20.8 Å². The lowest BCUT2D eigenvalue weighted by Crippen LogP contribution is -2.40. The molecule has 0 aliphatic heterocycles. The third-order valence-electron chi connectivity index (χ3n) is 3.03. The largest absolute Gasteiger partial charge is 0.480 e. The molecule has 1 aromatic heterocycles. The van der Waals surface area contributed by atoms with E-state index < -0.39 is 12.0 Å². The lowest BCUT2D eigenvalue weighted by Gasteiger charge is -2.21. The van der Waals surface area contributed by atoms with Crippen molar-refractivity contribution in [1.82, 2.24) is 4.90 Å². The Labute approximate surface area is 100 Å². The van der Waals surface area contributed by atoms with Gasteiger partial charge in [-0.25, -0.2) is 4.79 Å². The lowest BCUT2D eigenvalue weighted by atomic mass is 10.1. The lowest BCUT2D eigenvalue weighted by molar-refractivity contribution is -0.141. The highest BCUT2D eigenvalue weighted by molar-refractivity contribution is 5.98. The average Bonchev–Trinajstić information content (AvgIpc) is 2.50. The number of rotatable bonds is 3. The zero-order valence-corrected chi connectivity index (χ0v) is 10.7. The summed E-state index contributed by atoms with van der Waals surface area (Å²) in [6.45, 7) is 6.74. The van der Waals surface area contributed by atoms with E-state index in [4.69, 9.17) is 9.52 Å². The Balaban J connectivity index is 3.09. The van der Waals surface area contributed by atoms with Crippen molar-refractivity contribution in [2.45, 2.75) is 33.7 Å². The van der Waals surface area contributed by atoms with Gasteiger partial charge in [0, 0.05) is 12.6 Å². The fraction of sp³-hybridized carbons (Fsp3) is 0.500. The maximum atomic E-state index is 12.1. The fourth-order valence-electron chi connectivity index (χ4n) is 1.63. The first-order valence-corrected chi connectivity index (χ1v) is 5.34. The van der Waals surface area contributed by atoms with Gasteiger partial charge in [-0.05, 0) is 27.7 Å². The molecule has 1 amide bonds. The number of carbonyl (C=O) groups excluding carboxylic acids is 1. The number of hydrogen-bond acceptors (Lipinski definition) is 3. The number of furan rings is 1. The van der Waals surface area contributed by atoms with Crippen LogP contribution in [0.2, 0.25) is 0 Å². The van der Waals surface area contributed by atoms with E-state index >= 15 is 0 Å². The van der Waals surface area contributed by atoms with Gasteiger partial charge in [0.1, 0.15) is 17.6 Å². The van der Waals surface area contributed by atoms with E-state index in [2.05, 4.69) is 0 Å². The van der Waals surface area contributed by atoms with Gasteiger partial charge in [-0.15, -0.1) is 0 Å². The minimum absolute atomic E-state index is 0.327. The molecule has 0 aliphatic rings. The number of likely N-dealkylation sites (N-methyl/N-ethyl adjacent to an activating group) is 1. The molecule has 17 heavy (non-hydrogen) atoms. The Bertz CT molecular complexity index is 461. The molecule has 0 radical (unpaired) electrons. The van der Waals surface area contributed by atoms with Gasteiger partial charge in [0.15, 0.2) is 0 Å². The second-order valence-electron chi connectivity index (χ2n) is 4.14.